The van der Waals surface area contributed by atoms with Crippen LogP contribution in [0.25, 0.3) is 0 Å². The van der Waals surface area contributed by atoms with Gasteiger partial charge in [0.05, 0.1) is 23.4 Å². The summed E-state index contributed by atoms with van der Waals surface area (Å²) in [5.41, 5.74) is 1.98. The van der Waals surface area contributed by atoms with Gasteiger partial charge in [-0.05, 0) is 61.7 Å². The van der Waals surface area contributed by atoms with E-state index in [1.165, 1.54) is 22.7 Å². The van der Waals surface area contributed by atoms with E-state index in [9.17, 15) is 21.6 Å². The quantitative estimate of drug-likeness (QED) is 0.538. The van der Waals surface area contributed by atoms with Crippen molar-refractivity contribution in [2.45, 2.75) is 30.7 Å². The van der Waals surface area contributed by atoms with E-state index in [-0.39, 0.29) is 16.8 Å². The van der Waals surface area contributed by atoms with Gasteiger partial charge in [-0.25, -0.2) is 16.8 Å². The molecule has 0 radical (unpaired) electrons. The van der Waals surface area contributed by atoms with E-state index in [0.717, 1.165) is 11.8 Å². The number of fused-ring (bicyclic) bond motifs is 1. The van der Waals surface area contributed by atoms with Crippen LogP contribution < -0.4 is 9.04 Å². The fourth-order valence-corrected chi connectivity index (χ4v) is 5.77. The van der Waals surface area contributed by atoms with Gasteiger partial charge in [0.2, 0.25) is 10.0 Å². The molecule has 0 fully saturated rings. The SMILES string of the molecule is CC1Cc2cc(C(=O)N(C)CCCOc3cccc(S(C)(=O)=O)c3)ccc2N1S(C)(=O)=O. The summed E-state index contributed by atoms with van der Waals surface area (Å²) >= 11 is 0. The third kappa shape index (κ3) is 5.42. The molecule has 1 amide bonds. The van der Waals surface area contributed by atoms with E-state index in [1.54, 1.807) is 42.3 Å². The molecule has 3 rings (SSSR count). The van der Waals surface area contributed by atoms with Crippen LogP contribution in [0, 0.1) is 0 Å². The lowest BCUT2D eigenvalue weighted by Gasteiger charge is -2.22. The molecule has 2 aromatic rings. The number of sulfone groups is 1. The van der Waals surface area contributed by atoms with Crippen LogP contribution in [0.2, 0.25) is 0 Å². The number of anilines is 1. The molecule has 8 nitrogen and oxygen atoms in total. The summed E-state index contributed by atoms with van der Waals surface area (Å²) in [4.78, 5) is 14.6. The van der Waals surface area contributed by atoms with Crippen molar-refractivity contribution in [2.75, 3.05) is 37.0 Å². The van der Waals surface area contributed by atoms with Crippen LogP contribution in [0.4, 0.5) is 5.69 Å². The van der Waals surface area contributed by atoms with E-state index in [0.29, 0.717) is 43.0 Å². The van der Waals surface area contributed by atoms with Crippen molar-refractivity contribution < 1.29 is 26.4 Å². The van der Waals surface area contributed by atoms with Crippen LogP contribution in [0.15, 0.2) is 47.4 Å². The first-order valence-corrected chi connectivity index (χ1v) is 13.9. The van der Waals surface area contributed by atoms with E-state index in [1.807, 2.05) is 6.92 Å². The van der Waals surface area contributed by atoms with Crippen LogP contribution in [-0.4, -0.2) is 66.4 Å². The summed E-state index contributed by atoms with van der Waals surface area (Å²) in [6.07, 6.45) is 3.46. The number of carbonyl (C=O) groups excluding carboxylic acids is 1. The molecule has 0 saturated heterocycles. The molecule has 10 heteroatoms. The highest BCUT2D eigenvalue weighted by atomic mass is 32.2. The lowest BCUT2D eigenvalue weighted by molar-refractivity contribution is 0.0787. The Morgan fingerprint density at radius 3 is 2.50 bits per heavy atom. The predicted molar refractivity (Wildman–Crippen MR) is 124 cm³/mol. The van der Waals surface area contributed by atoms with Gasteiger partial charge in [0.1, 0.15) is 5.75 Å². The average molecular weight is 481 g/mol. The van der Waals surface area contributed by atoms with Crippen LogP contribution in [0.1, 0.15) is 29.3 Å². The fourth-order valence-electron chi connectivity index (χ4n) is 3.85. The molecule has 1 unspecified atom stereocenters. The second-order valence-electron chi connectivity index (χ2n) is 8.13. The molecular formula is C22H28N2O6S2. The maximum absolute atomic E-state index is 12.8. The van der Waals surface area contributed by atoms with Crippen LogP contribution in [0.5, 0.6) is 5.75 Å². The minimum absolute atomic E-state index is 0.155. The van der Waals surface area contributed by atoms with E-state index in [4.69, 9.17) is 4.74 Å². The molecule has 0 aliphatic carbocycles. The van der Waals surface area contributed by atoms with Gasteiger partial charge in [0, 0.05) is 31.5 Å². The Bertz CT molecular complexity index is 1220. The minimum atomic E-state index is -3.37. The maximum Gasteiger partial charge on any atom is 0.253 e. The molecule has 1 atom stereocenters. The third-order valence-electron chi connectivity index (χ3n) is 5.32. The number of sulfonamides is 1. The van der Waals surface area contributed by atoms with Gasteiger partial charge < -0.3 is 9.64 Å². The zero-order valence-electron chi connectivity index (χ0n) is 18.6. The summed E-state index contributed by atoms with van der Waals surface area (Å²) in [6.45, 7) is 2.63. The summed E-state index contributed by atoms with van der Waals surface area (Å²) in [7, 11) is -4.97. The second-order valence-corrected chi connectivity index (χ2v) is 12.0. The second kappa shape index (κ2) is 9.11. The largest absolute Gasteiger partial charge is 0.493 e. The number of benzene rings is 2. The molecule has 0 spiro atoms. The Morgan fingerprint density at radius 1 is 1.12 bits per heavy atom. The molecule has 0 N–H and O–H groups in total. The Hall–Kier alpha value is -2.59. The molecule has 0 bridgehead atoms. The first-order valence-electron chi connectivity index (χ1n) is 10.2. The first-order chi connectivity index (χ1) is 14.9. The van der Waals surface area contributed by atoms with Crippen molar-refractivity contribution in [2.24, 2.45) is 0 Å². The Balaban J connectivity index is 1.57. The van der Waals surface area contributed by atoms with Gasteiger partial charge in [-0.15, -0.1) is 0 Å². The number of carbonyl (C=O) groups is 1. The molecule has 1 aliphatic rings. The maximum atomic E-state index is 12.8. The standard InChI is InChI=1S/C22H28N2O6S2/c1-16-13-18-14-17(9-10-21(18)24(16)32(4,28)29)22(25)23(2)11-6-12-30-19-7-5-8-20(15-19)31(3,26)27/h5,7-10,14-16H,6,11-13H2,1-4H3. The number of ether oxygens (including phenoxy) is 1. The van der Waals surface area contributed by atoms with Gasteiger partial charge in [-0.2, -0.15) is 0 Å². The summed E-state index contributed by atoms with van der Waals surface area (Å²) in [5, 5.41) is 0. The van der Waals surface area contributed by atoms with Crippen LogP contribution in [-0.2, 0) is 26.3 Å². The monoisotopic (exact) mass is 480 g/mol. The molecule has 174 valence electrons. The summed E-state index contributed by atoms with van der Waals surface area (Å²) < 4.78 is 54.4. The number of nitrogens with zero attached hydrogens (tertiary/aromatic N) is 2. The highest BCUT2D eigenvalue weighted by Crippen LogP contribution is 2.34. The molecular weight excluding hydrogens is 452 g/mol. The van der Waals surface area contributed by atoms with Crippen LogP contribution in [0.3, 0.4) is 0 Å². The molecule has 1 aliphatic heterocycles. The number of hydrogen-bond donors (Lipinski definition) is 0. The normalized spacial score (nSPS) is 16.0. The predicted octanol–water partition coefficient (Wildman–Crippen LogP) is 2.34. The molecule has 32 heavy (non-hydrogen) atoms. The topological polar surface area (TPSA) is 101 Å². The van der Waals surface area contributed by atoms with Gasteiger partial charge in [-0.1, -0.05) is 6.07 Å². The van der Waals surface area contributed by atoms with Gasteiger partial charge in [-0.3, -0.25) is 9.10 Å². The zero-order chi connectivity index (χ0) is 23.7. The summed E-state index contributed by atoms with van der Waals surface area (Å²) in [6, 6.07) is 11.2. The molecule has 1 heterocycles. The number of hydrogen-bond acceptors (Lipinski definition) is 6. The number of rotatable bonds is 8. The molecule has 2 aromatic carbocycles. The van der Waals surface area contributed by atoms with Gasteiger partial charge >= 0.3 is 0 Å². The van der Waals surface area contributed by atoms with Crippen molar-refractivity contribution >= 4 is 31.5 Å². The first kappa shape index (κ1) is 24.1. The van der Waals surface area contributed by atoms with E-state index < -0.39 is 19.9 Å². The highest BCUT2D eigenvalue weighted by molar-refractivity contribution is 7.92. The van der Waals surface area contributed by atoms with Crippen molar-refractivity contribution in [1.29, 1.82) is 0 Å². The Morgan fingerprint density at radius 2 is 1.84 bits per heavy atom. The zero-order valence-corrected chi connectivity index (χ0v) is 20.2. The lowest BCUT2D eigenvalue weighted by Crippen LogP contribution is -2.34. The van der Waals surface area contributed by atoms with E-state index >= 15 is 0 Å². The molecule has 0 saturated carbocycles. The van der Waals surface area contributed by atoms with Crippen molar-refractivity contribution in [3.8, 4) is 5.75 Å². The van der Waals surface area contributed by atoms with Crippen molar-refractivity contribution in [3.63, 3.8) is 0 Å². The molecule has 0 aromatic heterocycles. The Kier molecular flexibility index (Phi) is 6.85. The van der Waals surface area contributed by atoms with Crippen LogP contribution >= 0.6 is 0 Å². The van der Waals surface area contributed by atoms with Crippen molar-refractivity contribution in [1.82, 2.24) is 4.90 Å². The Labute approximate surface area is 189 Å². The fraction of sp³-hybridized carbons (Fsp3) is 0.409. The smallest absolute Gasteiger partial charge is 0.253 e. The number of amides is 1. The minimum Gasteiger partial charge on any atom is -0.493 e. The van der Waals surface area contributed by atoms with Gasteiger partial charge in [0.25, 0.3) is 5.91 Å². The van der Waals surface area contributed by atoms with Crippen molar-refractivity contribution in [3.05, 3.63) is 53.6 Å². The average Bonchev–Trinajstić information content (AvgIpc) is 3.05. The lowest BCUT2D eigenvalue weighted by atomic mass is 10.1. The van der Waals surface area contributed by atoms with E-state index in [2.05, 4.69) is 0 Å². The highest BCUT2D eigenvalue weighted by Gasteiger charge is 2.33. The third-order valence-corrected chi connectivity index (χ3v) is 7.71. The summed E-state index contributed by atoms with van der Waals surface area (Å²) in [5.74, 6) is 0.308. The van der Waals surface area contributed by atoms with Gasteiger partial charge in [0.15, 0.2) is 9.84 Å².